The van der Waals surface area contributed by atoms with Crippen LogP contribution in [0.4, 0.5) is 8.78 Å². The third kappa shape index (κ3) is 2.00. The molecule has 3 heterocycles. The highest BCUT2D eigenvalue weighted by molar-refractivity contribution is 5.14. The van der Waals surface area contributed by atoms with Crippen LogP contribution >= 0.6 is 0 Å². The van der Waals surface area contributed by atoms with E-state index in [1.165, 1.54) is 23.2 Å². The monoisotopic (exact) mass is 281 g/mol. The van der Waals surface area contributed by atoms with Crippen molar-refractivity contribution in [3.8, 4) is 0 Å². The van der Waals surface area contributed by atoms with Gasteiger partial charge in [0.1, 0.15) is 0 Å². The minimum atomic E-state index is -1.32. The lowest BCUT2D eigenvalue weighted by Crippen LogP contribution is -2.27. The number of halogens is 2. The van der Waals surface area contributed by atoms with Crippen molar-refractivity contribution in [2.75, 3.05) is 6.67 Å². The SMILES string of the molecule is O=c1n(CCCF)nc2n1C(c1cnccn1)CC2F. The average Bonchev–Trinajstić information content (AvgIpc) is 2.97. The van der Waals surface area contributed by atoms with Gasteiger partial charge in [-0.15, -0.1) is 0 Å². The van der Waals surface area contributed by atoms with Gasteiger partial charge in [-0.2, -0.15) is 5.10 Å². The molecular formula is C12H13F2N5O. The quantitative estimate of drug-likeness (QED) is 0.844. The highest BCUT2D eigenvalue weighted by Crippen LogP contribution is 2.37. The van der Waals surface area contributed by atoms with E-state index in [2.05, 4.69) is 15.1 Å². The molecular weight excluding hydrogens is 268 g/mol. The van der Waals surface area contributed by atoms with Gasteiger partial charge in [0.05, 0.1) is 24.6 Å². The van der Waals surface area contributed by atoms with Crippen LogP contribution in [0.25, 0.3) is 0 Å². The number of fused-ring (bicyclic) bond motifs is 1. The largest absolute Gasteiger partial charge is 0.346 e. The Kier molecular flexibility index (Phi) is 3.29. The van der Waals surface area contributed by atoms with Gasteiger partial charge in [-0.05, 0) is 6.42 Å². The highest BCUT2D eigenvalue weighted by atomic mass is 19.1. The van der Waals surface area contributed by atoms with Crippen molar-refractivity contribution < 1.29 is 8.78 Å². The molecule has 0 radical (unpaired) electrons. The number of aromatic nitrogens is 5. The molecule has 2 aromatic rings. The Morgan fingerprint density at radius 3 is 2.95 bits per heavy atom. The second-order valence-corrected chi connectivity index (χ2v) is 4.63. The molecule has 8 heteroatoms. The fraction of sp³-hybridized carbons (Fsp3) is 0.500. The van der Waals surface area contributed by atoms with E-state index >= 15 is 0 Å². The Hall–Kier alpha value is -2.12. The van der Waals surface area contributed by atoms with Gasteiger partial charge in [0, 0.05) is 25.4 Å². The molecule has 0 bridgehead atoms. The van der Waals surface area contributed by atoms with E-state index in [1.807, 2.05) is 0 Å². The molecule has 1 aliphatic heterocycles. The van der Waals surface area contributed by atoms with Crippen molar-refractivity contribution in [3.05, 3.63) is 40.6 Å². The Morgan fingerprint density at radius 1 is 1.40 bits per heavy atom. The minimum Gasteiger partial charge on any atom is -0.267 e. The van der Waals surface area contributed by atoms with Gasteiger partial charge in [0.15, 0.2) is 12.0 Å². The maximum absolute atomic E-state index is 14.0. The fourth-order valence-corrected chi connectivity index (χ4v) is 2.44. The van der Waals surface area contributed by atoms with Crippen LogP contribution in [0.2, 0.25) is 0 Å². The highest BCUT2D eigenvalue weighted by Gasteiger charge is 2.37. The maximum Gasteiger partial charge on any atom is 0.346 e. The van der Waals surface area contributed by atoms with E-state index in [0.717, 1.165) is 4.68 Å². The first-order valence-electron chi connectivity index (χ1n) is 6.37. The van der Waals surface area contributed by atoms with Gasteiger partial charge in [0.25, 0.3) is 0 Å². The standard InChI is InChI=1S/C12H13F2N5O/c13-2-1-5-18-12(20)19-10(6-8(14)11(19)17-18)9-7-15-3-4-16-9/h3-4,7-8,10H,1-2,5-6H2. The average molecular weight is 281 g/mol. The molecule has 2 unspecified atom stereocenters. The topological polar surface area (TPSA) is 65.6 Å². The molecule has 0 aromatic carbocycles. The molecule has 3 rings (SSSR count). The summed E-state index contributed by atoms with van der Waals surface area (Å²) in [6.45, 7) is -0.392. The number of nitrogens with zero attached hydrogens (tertiary/aromatic N) is 5. The fourth-order valence-electron chi connectivity index (χ4n) is 2.44. The van der Waals surface area contributed by atoms with Crippen LogP contribution in [0.1, 0.15) is 36.6 Å². The lowest BCUT2D eigenvalue weighted by atomic mass is 10.1. The summed E-state index contributed by atoms with van der Waals surface area (Å²) in [4.78, 5) is 20.3. The van der Waals surface area contributed by atoms with Crippen LogP contribution in [0.3, 0.4) is 0 Å². The summed E-state index contributed by atoms with van der Waals surface area (Å²) in [5.74, 6) is 0.0875. The third-order valence-corrected chi connectivity index (χ3v) is 3.35. The molecule has 0 aliphatic carbocycles. The predicted octanol–water partition coefficient (Wildman–Crippen LogP) is 1.20. The van der Waals surface area contributed by atoms with Gasteiger partial charge in [0.2, 0.25) is 0 Å². The number of alkyl halides is 2. The summed E-state index contributed by atoms with van der Waals surface area (Å²) in [7, 11) is 0. The predicted molar refractivity (Wildman–Crippen MR) is 65.7 cm³/mol. The number of hydrogen-bond acceptors (Lipinski definition) is 4. The molecule has 20 heavy (non-hydrogen) atoms. The van der Waals surface area contributed by atoms with Gasteiger partial charge in [-0.1, -0.05) is 0 Å². The number of rotatable bonds is 4. The Bertz CT molecular complexity index is 654. The lowest BCUT2D eigenvalue weighted by Gasteiger charge is -2.10. The van der Waals surface area contributed by atoms with E-state index < -0.39 is 24.6 Å². The zero-order valence-electron chi connectivity index (χ0n) is 10.6. The van der Waals surface area contributed by atoms with Crippen molar-refractivity contribution in [2.45, 2.75) is 31.6 Å². The van der Waals surface area contributed by atoms with Crippen molar-refractivity contribution >= 4 is 0 Å². The molecule has 0 spiro atoms. The first-order valence-corrected chi connectivity index (χ1v) is 6.37. The molecule has 2 aromatic heterocycles. The summed E-state index contributed by atoms with van der Waals surface area (Å²) in [5.41, 5.74) is 0.102. The zero-order chi connectivity index (χ0) is 14.1. The summed E-state index contributed by atoms with van der Waals surface area (Å²) in [5, 5.41) is 3.96. The van der Waals surface area contributed by atoms with Crippen molar-refractivity contribution in [1.29, 1.82) is 0 Å². The first-order chi connectivity index (χ1) is 9.72. The van der Waals surface area contributed by atoms with Crippen LogP contribution in [0.5, 0.6) is 0 Å². The summed E-state index contributed by atoms with van der Waals surface area (Å²) in [6.07, 6.45) is 3.52. The van der Waals surface area contributed by atoms with Crippen LogP contribution in [0.15, 0.2) is 23.4 Å². The minimum absolute atomic E-state index is 0.0875. The van der Waals surface area contributed by atoms with Crippen molar-refractivity contribution in [1.82, 2.24) is 24.3 Å². The van der Waals surface area contributed by atoms with Crippen LogP contribution in [-0.2, 0) is 6.54 Å². The maximum atomic E-state index is 14.0. The Labute approximate surface area is 113 Å². The van der Waals surface area contributed by atoms with E-state index in [-0.39, 0.29) is 25.2 Å². The van der Waals surface area contributed by atoms with Gasteiger partial charge in [-0.25, -0.2) is 13.9 Å². The van der Waals surface area contributed by atoms with E-state index in [4.69, 9.17) is 0 Å². The van der Waals surface area contributed by atoms with Gasteiger partial charge < -0.3 is 0 Å². The smallest absolute Gasteiger partial charge is 0.267 e. The van der Waals surface area contributed by atoms with Crippen molar-refractivity contribution in [2.24, 2.45) is 0 Å². The summed E-state index contributed by atoms with van der Waals surface area (Å²) in [6, 6.07) is -0.500. The van der Waals surface area contributed by atoms with Crippen molar-refractivity contribution in [3.63, 3.8) is 0 Å². The number of hydrogen-bond donors (Lipinski definition) is 0. The van der Waals surface area contributed by atoms with Crippen LogP contribution in [-0.4, -0.2) is 31.0 Å². The second-order valence-electron chi connectivity index (χ2n) is 4.63. The Morgan fingerprint density at radius 2 is 2.25 bits per heavy atom. The zero-order valence-corrected chi connectivity index (χ0v) is 10.6. The molecule has 0 N–H and O–H groups in total. The first kappa shape index (κ1) is 12.9. The van der Waals surface area contributed by atoms with E-state index in [1.54, 1.807) is 0 Å². The van der Waals surface area contributed by atoms with Crippen LogP contribution in [0, 0.1) is 0 Å². The molecule has 0 fully saturated rings. The molecule has 106 valence electrons. The van der Waals surface area contributed by atoms with Gasteiger partial charge in [-0.3, -0.25) is 18.9 Å². The Balaban J connectivity index is 2.01. The van der Waals surface area contributed by atoms with E-state index in [9.17, 15) is 13.6 Å². The number of aryl methyl sites for hydroxylation is 1. The molecule has 0 amide bonds. The third-order valence-electron chi connectivity index (χ3n) is 3.35. The second kappa shape index (κ2) is 5.10. The lowest BCUT2D eigenvalue weighted by molar-refractivity contribution is 0.319. The van der Waals surface area contributed by atoms with Crippen LogP contribution < -0.4 is 5.69 Å². The normalized spacial score (nSPS) is 21.1. The molecule has 0 saturated carbocycles. The molecule has 2 atom stereocenters. The molecule has 1 aliphatic rings. The summed E-state index contributed by atoms with van der Waals surface area (Å²) < 4.78 is 28.6. The molecule has 0 saturated heterocycles. The summed E-state index contributed by atoms with van der Waals surface area (Å²) >= 11 is 0. The molecule has 6 nitrogen and oxygen atoms in total. The van der Waals surface area contributed by atoms with Gasteiger partial charge >= 0.3 is 5.69 Å². The van der Waals surface area contributed by atoms with E-state index in [0.29, 0.717) is 5.69 Å².